The fraction of sp³-hybridized carbons (Fsp3) is 0.632. The highest BCUT2D eigenvalue weighted by molar-refractivity contribution is 5.93. The molecule has 3 heteroatoms. The SMILES string of the molecule is CNC(=O)c1ccc(CN2CCCC(C(C)(C)C)CC2)cc1. The zero-order valence-electron chi connectivity index (χ0n) is 14.5. The van der Waals surface area contributed by atoms with Crippen LogP contribution in [0.5, 0.6) is 0 Å². The van der Waals surface area contributed by atoms with Crippen LogP contribution < -0.4 is 5.32 Å². The Hall–Kier alpha value is -1.35. The number of likely N-dealkylation sites (tertiary alicyclic amines) is 1. The van der Waals surface area contributed by atoms with Crippen LogP contribution >= 0.6 is 0 Å². The molecular formula is C19H30N2O. The fourth-order valence-electron chi connectivity index (χ4n) is 3.34. The lowest BCUT2D eigenvalue weighted by Crippen LogP contribution is -2.26. The Bertz CT molecular complexity index is 487. The smallest absolute Gasteiger partial charge is 0.251 e. The Balaban J connectivity index is 1.92. The third-order valence-corrected chi connectivity index (χ3v) is 4.89. The van der Waals surface area contributed by atoms with Crippen LogP contribution in [0.15, 0.2) is 24.3 Å². The van der Waals surface area contributed by atoms with Gasteiger partial charge in [-0.1, -0.05) is 32.9 Å². The summed E-state index contributed by atoms with van der Waals surface area (Å²) in [7, 11) is 1.67. The molecule has 3 nitrogen and oxygen atoms in total. The van der Waals surface area contributed by atoms with Crippen molar-refractivity contribution >= 4 is 5.91 Å². The molecule has 1 atom stereocenters. The second kappa shape index (κ2) is 7.28. The van der Waals surface area contributed by atoms with E-state index in [1.165, 1.54) is 37.9 Å². The van der Waals surface area contributed by atoms with Gasteiger partial charge in [-0.15, -0.1) is 0 Å². The molecular weight excluding hydrogens is 272 g/mol. The van der Waals surface area contributed by atoms with Crippen molar-refractivity contribution in [1.82, 2.24) is 10.2 Å². The quantitative estimate of drug-likeness (QED) is 0.923. The number of hydrogen-bond acceptors (Lipinski definition) is 2. The molecule has 0 aromatic heterocycles. The maximum atomic E-state index is 11.6. The van der Waals surface area contributed by atoms with Gasteiger partial charge in [0.05, 0.1) is 0 Å². The number of rotatable bonds is 3. The standard InChI is InChI=1S/C19H30N2O/c1-19(2,3)17-6-5-12-21(13-11-17)14-15-7-9-16(10-8-15)18(22)20-4/h7-10,17H,5-6,11-14H2,1-4H3,(H,20,22). The molecule has 1 amide bonds. The average molecular weight is 302 g/mol. The van der Waals surface area contributed by atoms with E-state index in [0.29, 0.717) is 5.41 Å². The highest BCUT2D eigenvalue weighted by atomic mass is 16.1. The number of carbonyl (C=O) groups is 1. The summed E-state index contributed by atoms with van der Waals surface area (Å²) < 4.78 is 0. The Labute approximate surface area is 135 Å². The summed E-state index contributed by atoms with van der Waals surface area (Å²) in [6.45, 7) is 10.5. The van der Waals surface area contributed by atoms with Gasteiger partial charge in [-0.05, 0) is 61.4 Å². The van der Waals surface area contributed by atoms with Crippen molar-refractivity contribution < 1.29 is 4.79 Å². The Kier molecular flexibility index (Phi) is 5.63. The molecule has 2 rings (SSSR count). The monoisotopic (exact) mass is 302 g/mol. The van der Waals surface area contributed by atoms with Crippen molar-refractivity contribution in [2.24, 2.45) is 11.3 Å². The Morgan fingerprint density at radius 2 is 1.86 bits per heavy atom. The second-order valence-electron chi connectivity index (χ2n) is 7.55. The molecule has 1 saturated heterocycles. The van der Waals surface area contributed by atoms with E-state index in [1.54, 1.807) is 7.05 Å². The molecule has 1 heterocycles. The lowest BCUT2D eigenvalue weighted by atomic mass is 9.77. The van der Waals surface area contributed by atoms with Crippen molar-refractivity contribution in [1.29, 1.82) is 0 Å². The van der Waals surface area contributed by atoms with E-state index in [-0.39, 0.29) is 5.91 Å². The molecule has 1 unspecified atom stereocenters. The zero-order valence-corrected chi connectivity index (χ0v) is 14.5. The molecule has 22 heavy (non-hydrogen) atoms. The molecule has 0 saturated carbocycles. The van der Waals surface area contributed by atoms with E-state index in [9.17, 15) is 4.79 Å². The number of benzene rings is 1. The molecule has 0 bridgehead atoms. The molecule has 1 N–H and O–H groups in total. The molecule has 1 aromatic rings. The molecule has 1 aliphatic rings. The van der Waals surface area contributed by atoms with Crippen LogP contribution in [0.25, 0.3) is 0 Å². The third kappa shape index (κ3) is 4.57. The van der Waals surface area contributed by atoms with Crippen LogP contribution in [-0.4, -0.2) is 30.9 Å². The van der Waals surface area contributed by atoms with Crippen LogP contribution in [0.1, 0.15) is 56.0 Å². The number of hydrogen-bond donors (Lipinski definition) is 1. The van der Waals surface area contributed by atoms with Crippen LogP contribution in [0.3, 0.4) is 0 Å². The first kappa shape index (κ1) is 17.0. The van der Waals surface area contributed by atoms with Gasteiger partial charge in [-0.2, -0.15) is 0 Å². The maximum Gasteiger partial charge on any atom is 0.251 e. The van der Waals surface area contributed by atoms with Gasteiger partial charge in [0, 0.05) is 19.2 Å². The van der Waals surface area contributed by atoms with Crippen molar-refractivity contribution in [2.45, 2.75) is 46.6 Å². The zero-order chi connectivity index (χ0) is 16.2. The first-order valence-corrected chi connectivity index (χ1v) is 8.43. The highest BCUT2D eigenvalue weighted by Crippen LogP contribution is 2.34. The van der Waals surface area contributed by atoms with Gasteiger partial charge in [0.15, 0.2) is 0 Å². The normalized spacial score (nSPS) is 20.5. The number of nitrogens with zero attached hydrogens (tertiary/aromatic N) is 1. The maximum absolute atomic E-state index is 11.6. The lowest BCUT2D eigenvalue weighted by Gasteiger charge is -2.29. The predicted molar refractivity (Wildman–Crippen MR) is 91.9 cm³/mol. The number of nitrogens with one attached hydrogen (secondary N) is 1. The summed E-state index contributed by atoms with van der Waals surface area (Å²) in [6.07, 6.45) is 3.92. The van der Waals surface area contributed by atoms with Gasteiger partial charge in [0.25, 0.3) is 5.91 Å². The van der Waals surface area contributed by atoms with Crippen molar-refractivity contribution in [3.05, 3.63) is 35.4 Å². The summed E-state index contributed by atoms with van der Waals surface area (Å²) in [6, 6.07) is 8.00. The van der Waals surface area contributed by atoms with E-state index in [2.05, 4.69) is 43.1 Å². The first-order chi connectivity index (χ1) is 10.4. The summed E-state index contributed by atoms with van der Waals surface area (Å²) >= 11 is 0. The topological polar surface area (TPSA) is 32.3 Å². The Morgan fingerprint density at radius 1 is 1.18 bits per heavy atom. The minimum atomic E-state index is -0.0191. The largest absolute Gasteiger partial charge is 0.355 e. The molecule has 0 aliphatic carbocycles. The van der Waals surface area contributed by atoms with Gasteiger partial charge in [0.1, 0.15) is 0 Å². The summed E-state index contributed by atoms with van der Waals surface area (Å²) in [4.78, 5) is 14.1. The number of amides is 1. The van der Waals surface area contributed by atoms with Gasteiger partial charge >= 0.3 is 0 Å². The van der Waals surface area contributed by atoms with Crippen LogP contribution in [0, 0.1) is 11.3 Å². The molecule has 0 radical (unpaired) electrons. The fourth-order valence-corrected chi connectivity index (χ4v) is 3.34. The molecule has 1 aliphatic heterocycles. The van der Waals surface area contributed by atoms with E-state index in [4.69, 9.17) is 0 Å². The van der Waals surface area contributed by atoms with E-state index in [1.807, 2.05) is 12.1 Å². The minimum absolute atomic E-state index is 0.0191. The van der Waals surface area contributed by atoms with E-state index < -0.39 is 0 Å². The molecule has 1 aromatic carbocycles. The van der Waals surface area contributed by atoms with Crippen LogP contribution in [0.4, 0.5) is 0 Å². The minimum Gasteiger partial charge on any atom is -0.355 e. The highest BCUT2D eigenvalue weighted by Gasteiger charge is 2.26. The van der Waals surface area contributed by atoms with Crippen LogP contribution in [-0.2, 0) is 6.54 Å². The average Bonchev–Trinajstić information content (AvgIpc) is 2.72. The summed E-state index contributed by atoms with van der Waals surface area (Å²) in [5.74, 6) is 0.808. The first-order valence-electron chi connectivity index (χ1n) is 8.43. The van der Waals surface area contributed by atoms with Crippen molar-refractivity contribution in [3.8, 4) is 0 Å². The van der Waals surface area contributed by atoms with Gasteiger partial charge in [0.2, 0.25) is 0 Å². The number of carbonyl (C=O) groups excluding carboxylic acids is 1. The second-order valence-corrected chi connectivity index (χ2v) is 7.55. The Morgan fingerprint density at radius 3 is 2.45 bits per heavy atom. The van der Waals surface area contributed by atoms with Gasteiger partial charge in [-0.25, -0.2) is 0 Å². The molecule has 1 fully saturated rings. The van der Waals surface area contributed by atoms with Crippen molar-refractivity contribution in [2.75, 3.05) is 20.1 Å². The van der Waals surface area contributed by atoms with Crippen molar-refractivity contribution in [3.63, 3.8) is 0 Å². The molecule has 0 spiro atoms. The summed E-state index contributed by atoms with van der Waals surface area (Å²) in [5, 5.41) is 2.66. The predicted octanol–water partition coefficient (Wildman–Crippen LogP) is 3.69. The third-order valence-electron chi connectivity index (χ3n) is 4.89. The lowest BCUT2D eigenvalue weighted by molar-refractivity contribution is 0.0963. The molecule has 122 valence electrons. The van der Waals surface area contributed by atoms with E-state index >= 15 is 0 Å². The van der Waals surface area contributed by atoms with Gasteiger partial charge in [-0.3, -0.25) is 9.69 Å². The van der Waals surface area contributed by atoms with Gasteiger partial charge < -0.3 is 5.32 Å². The van der Waals surface area contributed by atoms with Crippen LogP contribution in [0.2, 0.25) is 0 Å². The van der Waals surface area contributed by atoms with E-state index in [0.717, 1.165) is 18.0 Å². The summed E-state index contributed by atoms with van der Waals surface area (Å²) in [5.41, 5.74) is 2.45.